The van der Waals surface area contributed by atoms with Crippen LogP contribution in [0.1, 0.15) is 57.2 Å². The van der Waals surface area contributed by atoms with Crippen LogP contribution in [0.2, 0.25) is 0 Å². The average molecular weight is 390 g/mol. The zero-order valence-corrected chi connectivity index (χ0v) is 16.9. The fourth-order valence-corrected chi connectivity index (χ4v) is 6.17. The number of rotatable bonds is 4. The molecule has 4 aliphatic rings. The van der Waals surface area contributed by atoms with Gasteiger partial charge in [0.1, 0.15) is 11.9 Å². The van der Waals surface area contributed by atoms with Crippen molar-refractivity contribution in [3.8, 4) is 12.3 Å². The Balaban J connectivity index is 1.71. The number of aliphatic imine (C=N–C) groups is 1. The maximum Gasteiger partial charge on any atom is 0.223 e. The van der Waals surface area contributed by atoms with Crippen LogP contribution in [-0.4, -0.2) is 22.8 Å². The molecule has 4 aliphatic carbocycles. The molecular formula is C22H26N6O. The number of nitriles is 2. The number of pyridine rings is 1. The SMILES string of the molecule is CC(C)(C(=NC1C2CC3CC1CC(C(N)=O)(C3)C2)NC#N)c1ncccc1C#N. The summed E-state index contributed by atoms with van der Waals surface area (Å²) in [7, 11) is 0. The molecule has 1 aromatic rings. The van der Waals surface area contributed by atoms with Crippen molar-refractivity contribution >= 4 is 11.7 Å². The zero-order valence-electron chi connectivity index (χ0n) is 16.9. The van der Waals surface area contributed by atoms with Gasteiger partial charge < -0.3 is 5.73 Å². The highest BCUT2D eigenvalue weighted by atomic mass is 16.1. The lowest BCUT2D eigenvalue weighted by molar-refractivity contribution is -0.144. The van der Waals surface area contributed by atoms with E-state index in [4.69, 9.17) is 10.7 Å². The van der Waals surface area contributed by atoms with Gasteiger partial charge in [0.15, 0.2) is 6.19 Å². The number of nitrogens with two attached hydrogens (primary N) is 1. The van der Waals surface area contributed by atoms with E-state index in [1.807, 2.05) is 20.0 Å². The summed E-state index contributed by atoms with van der Waals surface area (Å²) in [6, 6.07) is 5.71. The van der Waals surface area contributed by atoms with Crippen molar-refractivity contribution in [1.29, 1.82) is 10.5 Å². The van der Waals surface area contributed by atoms with Gasteiger partial charge >= 0.3 is 0 Å². The van der Waals surface area contributed by atoms with E-state index in [2.05, 4.69) is 16.4 Å². The Bertz CT molecular complexity index is 937. The van der Waals surface area contributed by atoms with Gasteiger partial charge in [-0.25, -0.2) is 0 Å². The maximum absolute atomic E-state index is 12.2. The van der Waals surface area contributed by atoms with Crippen molar-refractivity contribution < 1.29 is 4.79 Å². The lowest BCUT2D eigenvalue weighted by Gasteiger charge is -2.58. The van der Waals surface area contributed by atoms with Gasteiger partial charge in [-0.1, -0.05) is 0 Å². The van der Waals surface area contributed by atoms with E-state index in [-0.39, 0.29) is 17.4 Å². The van der Waals surface area contributed by atoms with Crippen molar-refractivity contribution in [3.05, 3.63) is 29.6 Å². The first-order valence-corrected chi connectivity index (χ1v) is 10.2. The zero-order chi connectivity index (χ0) is 20.8. The first-order valence-electron chi connectivity index (χ1n) is 10.2. The highest BCUT2D eigenvalue weighted by Gasteiger charge is 2.58. The lowest BCUT2D eigenvalue weighted by atomic mass is 9.47. The van der Waals surface area contributed by atoms with Crippen LogP contribution in [0, 0.1) is 46.0 Å². The standard InChI is InChI=1S/C22H26N6O/c1-21(2,18-14(11-23)4-3-5-26-18)20(27-12-24)28-17-15-6-13-7-16(17)10-22(8-13,9-15)19(25)29/h3-5,13,15-17H,6-10H2,1-2H3,(H2,25,29)(H,27,28). The number of carbonyl (C=O) groups is 1. The van der Waals surface area contributed by atoms with E-state index in [0.29, 0.717) is 34.8 Å². The third-order valence-corrected chi connectivity index (χ3v) is 7.31. The summed E-state index contributed by atoms with van der Waals surface area (Å²) < 4.78 is 0. The maximum atomic E-state index is 12.2. The molecule has 1 aromatic heterocycles. The molecule has 2 atom stereocenters. The fourth-order valence-electron chi connectivity index (χ4n) is 6.17. The molecule has 1 heterocycles. The van der Waals surface area contributed by atoms with E-state index < -0.39 is 5.41 Å². The van der Waals surface area contributed by atoms with Crippen molar-refractivity contribution in [1.82, 2.24) is 10.3 Å². The van der Waals surface area contributed by atoms with Gasteiger partial charge in [0.2, 0.25) is 5.91 Å². The van der Waals surface area contributed by atoms with Gasteiger partial charge in [-0.15, -0.1) is 0 Å². The molecule has 7 heteroatoms. The molecule has 4 saturated carbocycles. The smallest absolute Gasteiger partial charge is 0.223 e. The first-order chi connectivity index (χ1) is 13.8. The van der Waals surface area contributed by atoms with Crippen LogP contribution in [0.4, 0.5) is 0 Å². The second-order valence-electron chi connectivity index (χ2n) is 9.46. The number of aromatic nitrogens is 1. The van der Waals surface area contributed by atoms with Gasteiger partial charge in [-0.3, -0.25) is 20.1 Å². The van der Waals surface area contributed by atoms with Gasteiger partial charge in [-0.05, 0) is 75.8 Å². The summed E-state index contributed by atoms with van der Waals surface area (Å²) in [5.41, 5.74) is 5.78. The molecule has 0 radical (unpaired) electrons. The summed E-state index contributed by atoms with van der Waals surface area (Å²) >= 11 is 0. The molecule has 0 spiro atoms. The fraction of sp³-hybridized carbons (Fsp3) is 0.591. The Kier molecular flexibility index (Phi) is 4.58. The summed E-state index contributed by atoms with van der Waals surface area (Å²) in [6.07, 6.45) is 8.29. The second kappa shape index (κ2) is 6.84. The Morgan fingerprint density at radius 3 is 2.59 bits per heavy atom. The van der Waals surface area contributed by atoms with Gasteiger partial charge in [-0.2, -0.15) is 10.5 Å². The van der Waals surface area contributed by atoms with E-state index >= 15 is 0 Å². The number of hydrogen-bond acceptors (Lipinski definition) is 5. The molecule has 150 valence electrons. The van der Waals surface area contributed by atoms with Crippen LogP contribution in [0.5, 0.6) is 0 Å². The topological polar surface area (TPSA) is 128 Å². The minimum atomic E-state index is -0.724. The van der Waals surface area contributed by atoms with E-state index in [9.17, 15) is 15.3 Å². The van der Waals surface area contributed by atoms with Gasteiger partial charge in [0.25, 0.3) is 0 Å². The summed E-state index contributed by atoms with van der Waals surface area (Å²) in [5, 5.41) is 21.7. The molecule has 7 nitrogen and oxygen atoms in total. The van der Waals surface area contributed by atoms with Crippen LogP contribution < -0.4 is 11.1 Å². The third-order valence-electron chi connectivity index (χ3n) is 7.31. The number of hydrogen-bond donors (Lipinski definition) is 2. The van der Waals surface area contributed by atoms with Crippen molar-refractivity contribution in [2.24, 2.45) is 33.9 Å². The number of primary amides is 1. The predicted octanol–water partition coefficient (Wildman–Crippen LogP) is 2.38. The normalized spacial score (nSPS) is 33.0. The Hall–Kier alpha value is -2.93. The first kappa shape index (κ1) is 19.4. The van der Waals surface area contributed by atoms with Gasteiger partial charge in [0, 0.05) is 11.6 Å². The number of carbonyl (C=O) groups excluding carboxylic acids is 1. The van der Waals surface area contributed by atoms with Crippen LogP contribution in [0.15, 0.2) is 23.3 Å². The summed E-state index contributed by atoms with van der Waals surface area (Å²) in [4.78, 5) is 21.7. The molecular weight excluding hydrogens is 364 g/mol. The molecule has 0 aromatic carbocycles. The predicted molar refractivity (Wildman–Crippen MR) is 107 cm³/mol. The van der Waals surface area contributed by atoms with Gasteiger partial charge in [0.05, 0.1) is 22.7 Å². The molecule has 4 bridgehead atoms. The van der Waals surface area contributed by atoms with Crippen molar-refractivity contribution in [2.45, 2.75) is 57.4 Å². The Labute approximate surface area is 171 Å². The van der Waals surface area contributed by atoms with E-state index in [0.717, 1.165) is 32.1 Å². The van der Waals surface area contributed by atoms with Crippen LogP contribution in [0.3, 0.4) is 0 Å². The molecule has 0 aliphatic heterocycles. The average Bonchev–Trinajstić information content (AvgIpc) is 2.69. The highest BCUT2D eigenvalue weighted by molar-refractivity contribution is 5.93. The van der Waals surface area contributed by atoms with E-state index in [1.165, 1.54) is 0 Å². The molecule has 5 rings (SSSR count). The molecule has 3 N–H and O–H groups in total. The Morgan fingerprint density at radius 1 is 1.31 bits per heavy atom. The largest absolute Gasteiger partial charge is 0.369 e. The van der Waals surface area contributed by atoms with Crippen LogP contribution in [-0.2, 0) is 10.2 Å². The molecule has 4 fully saturated rings. The molecule has 1 amide bonds. The Morgan fingerprint density at radius 2 is 2.00 bits per heavy atom. The minimum absolute atomic E-state index is 0.0587. The minimum Gasteiger partial charge on any atom is -0.369 e. The second-order valence-corrected chi connectivity index (χ2v) is 9.46. The highest BCUT2D eigenvalue weighted by Crippen LogP contribution is 2.60. The number of nitrogens with one attached hydrogen (secondary N) is 1. The molecule has 2 unspecified atom stereocenters. The van der Waals surface area contributed by atoms with Crippen LogP contribution >= 0.6 is 0 Å². The monoisotopic (exact) mass is 390 g/mol. The molecule has 0 saturated heterocycles. The van der Waals surface area contributed by atoms with Crippen molar-refractivity contribution in [3.63, 3.8) is 0 Å². The van der Waals surface area contributed by atoms with E-state index in [1.54, 1.807) is 18.3 Å². The van der Waals surface area contributed by atoms with Crippen molar-refractivity contribution in [2.75, 3.05) is 0 Å². The van der Waals surface area contributed by atoms with Crippen LogP contribution in [0.25, 0.3) is 0 Å². The number of amides is 1. The number of amidine groups is 1. The summed E-state index contributed by atoms with van der Waals surface area (Å²) in [5.74, 6) is 1.52. The number of nitrogens with zero attached hydrogens (tertiary/aromatic N) is 4. The third kappa shape index (κ3) is 3.06. The summed E-state index contributed by atoms with van der Waals surface area (Å²) in [6.45, 7) is 3.86. The lowest BCUT2D eigenvalue weighted by Crippen LogP contribution is -2.58. The quantitative estimate of drug-likeness (QED) is 0.353. The molecule has 29 heavy (non-hydrogen) atoms.